The summed E-state index contributed by atoms with van der Waals surface area (Å²) in [6.45, 7) is 5.50. The monoisotopic (exact) mass is 330 g/mol. The van der Waals surface area contributed by atoms with E-state index in [1.165, 1.54) is 4.88 Å². The summed E-state index contributed by atoms with van der Waals surface area (Å²) in [6.07, 6.45) is 2.98. The first-order chi connectivity index (χ1) is 11.2. The first-order valence-electron chi connectivity index (χ1n) is 7.97. The van der Waals surface area contributed by atoms with Crippen molar-refractivity contribution in [3.05, 3.63) is 47.0 Å². The highest BCUT2D eigenvalue weighted by atomic mass is 32.1. The minimum absolute atomic E-state index is 0.285. The highest BCUT2D eigenvalue weighted by Gasteiger charge is 2.29. The summed E-state index contributed by atoms with van der Waals surface area (Å²) in [6, 6.07) is 9.44. The lowest BCUT2D eigenvalue weighted by Gasteiger charge is -2.38. The highest BCUT2D eigenvalue weighted by molar-refractivity contribution is 7.15. The molecule has 0 saturated carbocycles. The van der Waals surface area contributed by atoms with Crippen LogP contribution < -0.4 is 10.6 Å². The van der Waals surface area contributed by atoms with Crippen LogP contribution in [0.15, 0.2) is 36.5 Å². The van der Waals surface area contributed by atoms with Crippen molar-refractivity contribution in [2.24, 2.45) is 5.73 Å². The van der Waals surface area contributed by atoms with Crippen molar-refractivity contribution < 1.29 is 4.79 Å². The Balaban J connectivity index is 1.68. The Morgan fingerprint density at radius 3 is 2.52 bits per heavy atom. The molecule has 1 fully saturated rings. The minimum atomic E-state index is -0.346. The number of carbonyl (C=O) groups is 1. The molecule has 0 radical (unpaired) electrons. The van der Waals surface area contributed by atoms with Gasteiger partial charge in [-0.1, -0.05) is 37.3 Å². The SMILES string of the molecule is CCc1cnc(N2CCN([C@H](C(N)=O)c3ccccc3)CC2)s1. The van der Waals surface area contributed by atoms with Crippen molar-refractivity contribution in [3.8, 4) is 0 Å². The summed E-state index contributed by atoms with van der Waals surface area (Å²) in [7, 11) is 0. The van der Waals surface area contributed by atoms with Gasteiger partial charge in [0.15, 0.2) is 5.13 Å². The van der Waals surface area contributed by atoms with E-state index in [9.17, 15) is 4.79 Å². The molecule has 3 rings (SSSR count). The Bertz CT molecular complexity index is 650. The molecule has 1 atom stereocenters. The number of hydrogen-bond donors (Lipinski definition) is 1. The van der Waals surface area contributed by atoms with Crippen molar-refractivity contribution in [3.63, 3.8) is 0 Å². The van der Waals surface area contributed by atoms with Gasteiger partial charge < -0.3 is 10.6 Å². The number of benzene rings is 1. The number of hydrogen-bond acceptors (Lipinski definition) is 5. The first kappa shape index (κ1) is 16.0. The van der Waals surface area contributed by atoms with Gasteiger partial charge in [0.05, 0.1) is 0 Å². The second-order valence-corrected chi connectivity index (χ2v) is 6.79. The molecule has 122 valence electrons. The highest BCUT2D eigenvalue weighted by Crippen LogP contribution is 2.27. The number of nitrogens with zero attached hydrogens (tertiary/aromatic N) is 3. The molecule has 2 aromatic rings. The van der Waals surface area contributed by atoms with Gasteiger partial charge in [0.2, 0.25) is 5.91 Å². The predicted octanol–water partition coefficient (Wildman–Crippen LogP) is 2.05. The van der Waals surface area contributed by atoms with E-state index >= 15 is 0 Å². The molecule has 1 amide bonds. The lowest BCUT2D eigenvalue weighted by Crippen LogP contribution is -2.50. The molecule has 1 aliphatic rings. The van der Waals surface area contributed by atoms with Gasteiger partial charge in [-0.25, -0.2) is 4.98 Å². The van der Waals surface area contributed by atoms with Gasteiger partial charge in [0, 0.05) is 37.3 Å². The van der Waals surface area contributed by atoms with E-state index in [0.717, 1.165) is 43.3 Å². The van der Waals surface area contributed by atoms with E-state index < -0.39 is 0 Å². The van der Waals surface area contributed by atoms with Crippen molar-refractivity contribution in [2.45, 2.75) is 19.4 Å². The van der Waals surface area contributed by atoms with E-state index in [4.69, 9.17) is 5.73 Å². The van der Waals surface area contributed by atoms with Crippen molar-refractivity contribution in [2.75, 3.05) is 31.1 Å². The Kier molecular flexibility index (Phi) is 4.93. The van der Waals surface area contributed by atoms with Crippen molar-refractivity contribution in [1.29, 1.82) is 0 Å². The third kappa shape index (κ3) is 3.54. The van der Waals surface area contributed by atoms with E-state index in [2.05, 4.69) is 21.7 Å². The quantitative estimate of drug-likeness (QED) is 0.911. The van der Waals surface area contributed by atoms with Crippen LogP contribution in [0.2, 0.25) is 0 Å². The normalized spacial score (nSPS) is 17.2. The Hall–Kier alpha value is -1.92. The lowest BCUT2D eigenvalue weighted by molar-refractivity contribution is -0.123. The molecular formula is C17H22N4OS. The maximum Gasteiger partial charge on any atom is 0.239 e. The zero-order valence-corrected chi connectivity index (χ0v) is 14.1. The van der Waals surface area contributed by atoms with Gasteiger partial charge in [0.25, 0.3) is 0 Å². The number of primary amides is 1. The summed E-state index contributed by atoms with van der Waals surface area (Å²) in [5.41, 5.74) is 6.63. The van der Waals surface area contributed by atoms with E-state index in [1.807, 2.05) is 36.5 Å². The van der Waals surface area contributed by atoms with Crippen LogP contribution in [0.3, 0.4) is 0 Å². The minimum Gasteiger partial charge on any atom is -0.368 e. The number of amides is 1. The molecule has 0 aliphatic carbocycles. The number of piperazine rings is 1. The van der Waals surface area contributed by atoms with Gasteiger partial charge in [-0.05, 0) is 12.0 Å². The number of aromatic nitrogens is 1. The van der Waals surface area contributed by atoms with Crippen LogP contribution in [0.4, 0.5) is 5.13 Å². The molecule has 1 aromatic carbocycles. The number of anilines is 1. The number of rotatable bonds is 5. The van der Waals surface area contributed by atoms with Crippen LogP contribution in [0.5, 0.6) is 0 Å². The summed E-state index contributed by atoms with van der Waals surface area (Å²) in [5, 5.41) is 1.08. The van der Waals surface area contributed by atoms with Gasteiger partial charge in [-0.2, -0.15) is 0 Å². The average Bonchev–Trinajstić information content (AvgIpc) is 3.05. The zero-order valence-electron chi connectivity index (χ0n) is 13.3. The number of aryl methyl sites for hydroxylation is 1. The molecule has 0 bridgehead atoms. The molecule has 1 aromatic heterocycles. The second-order valence-electron chi connectivity index (χ2n) is 5.70. The maximum absolute atomic E-state index is 11.9. The Morgan fingerprint density at radius 1 is 1.26 bits per heavy atom. The smallest absolute Gasteiger partial charge is 0.239 e. The summed E-state index contributed by atoms with van der Waals surface area (Å²) >= 11 is 1.76. The first-order valence-corrected chi connectivity index (χ1v) is 8.78. The van der Waals surface area contributed by atoms with E-state index in [-0.39, 0.29) is 11.9 Å². The van der Waals surface area contributed by atoms with Crippen LogP contribution in [0, 0.1) is 0 Å². The van der Waals surface area contributed by atoms with Crippen LogP contribution in [-0.4, -0.2) is 42.0 Å². The lowest BCUT2D eigenvalue weighted by atomic mass is 10.0. The largest absolute Gasteiger partial charge is 0.368 e. The molecule has 1 aliphatic heterocycles. The van der Waals surface area contributed by atoms with Crippen LogP contribution in [0.25, 0.3) is 0 Å². The fourth-order valence-electron chi connectivity index (χ4n) is 2.97. The Labute approximate surface area is 140 Å². The predicted molar refractivity (Wildman–Crippen MR) is 93.7 cm³/mol. The maximum atomic E-state index is 11.9. The summed E-state index contributed by atoms with van der Waals surface area (Å²) in [4.78, 5) is 22.2. The Morgan fingerprint density at radius 2 is 1.96 bits per heavy atom. The number of nitrogens with two attached hydrogens (primary N) is 1. The molecule has 0 spiro atoms. The van der Waals surface area contributed by atoms with E-state index in [0.29, 0.717) is 0 Å². The van der Waals surface area contributed by atoms with Gasteiger partial charge >= 0.3 is 0 Å². The van der Waals surface area contributed by atoms with Crippen molar-refractivity contribution in [1.82, 2.24) is 9.88 Å². The van der Waals surface area contributed by atoms with E-state index in [1.54, 1.807) is 11.3 Å². The van der Waals surface area contributed by atoms with Gasteiger partial charge in [-0.15, -0.1) is 11.3 Å². The fraction of sp³-hybridized carbons (Fsp3) is 0.412. The fourth-order valence-corrected chi connectivity index (χ4v) is 3.87. The molecule has 6 heteroatoms. The van der Waals surface area contributed by atoms with Gasteiger partial charge in [0.1, 0.15) is 6.04 Å². The molecule has 0 unspecified atom stereocenters. The summed E-state index contributed by atoms with van der Waals surface area (Å²) < 4.78 is 0. The standard InChI is InChI=1S/C17H22N4OS/c1-2-14-12-19-17(23-14)21-10-8-20(9-11-21)15(16(18)22)13-6-4-3-5-7-13/h3-7,12,15H,2,8-11H2,1H3,(H2,18,22)/t15-/m0/s1. The molecule has 5 nitrogen and oxygen atoms in total. The number of carbonyl (C=O) groups excluding carboxylic acids is 1. The molecular weight excluding hydrogens is 308 g/mol. The molecule has 23 heavy (non-hydrogen) atoms. The van der Waals surface area contributed by atoms with Crippen molar-refractivity contribution >= 4 is 22.4 Å². The zero-order chi connectivity index (χ0) is 16.2. The third-order valence-electron chi connectivity index (χ3n) is 4.22. The molecule has 2 N–H and O–H groups in total. The van der Waals surface area contributed by atoms with Crippen LogP contribution in [-0.2, 0) is 11.2 Å². The van der Waals surface area contributed by atoms with Crippen LogP contribution in [0.1, 0.15) is 23.4 Å². The summed E-state index contributed by atoms with van der Waals surface area (Å²) in [5.74, 6) is -0.285. The molecule has 1 saturated heterocycles. The van der Waals surface area contributed by atoms with Gasteiger partial charge in [-0.3, -0.25) is 9.69 Å². The average molecular weight is 330 g/mol. The third-order valence-corrected chi connectivity index (χ3v) is 5.43. The van der Waals surface area contributed by atoms with Crippen LogP contribution >= 0.6 is 11.3 Å². The number of thiazole rings is 1. The topological polar surface area (TPSA) is 62.5 Å². The molecule has 2 heterocycles. The second kappa shape index (κ2) is 7.10.